The lowest BCUT2D eigenvalue weighted by Crippen LogP contribution is -2.36. The smallest absolute Gasteiger partial charge is 0.262 e. The fourth-order valence-electron chi connectivity index (χ4n) is 2.77. The Hall–Kier alpha value is -2.54. The van der Waals surface area contributed by atoms with Crippen molar-refractivity contribution in [2.75, 3.05) is 6.54 Å². The highest BCUT2D eigenvalue weighted by molar-refractivity contribution is 7.18. The molecular weight excluding hydrogens is 353 g/mol. The molecule has 5 nitrogen and oxygen atoms in total. The zero-order chi connectivity index (χ0) is 18.7. The van der Waals surface area contributed by atoms with E-state index in [4.69, 9.17) is 0 Å². The fraction of sp³-hybridized carbons (Fsp3) is 0.316. The van der Waals surface area contributed by atoms with Gasteiger partial charge in [-0.25, -0.2) is 9.37 Å². The van der Waals surface area contributed by atoms with Crippen molar-refractivity contribution < 1.29 is 9.18 Å². The van der Waals surface area contributed by atoms with Crippen LogP contribution in [0.1, 0.15) is 24.3 Å². The molecule has 0 aliphatic carbocycles. The lowest BCUT2D eigenvalue weighted by atomic mass is 10.2. The Labute approximate surface area is 154 Å². The molecular formula is C19H20FN3O2S. The first-order valence-electron chi connectivity index (χ1n) is 8.51. The molecule has 7 heteroatoms. The van der Waals surface area contributed by atoms with Crippen LogP contribution in [0.2, 0.25) is 0 Å². The van der Waals surface area contributed by atoms with Crippen molar-refractivity contribution in [3.63, 3.8) is 0 Å². The van der Waals surface area contributed by atoms with Gasteiger partial charge in [0.15, 0.2) is 0 Å². The number of carbonyl (C=O) groups is 1. The van der Waals surface area contributed by atoms with Gasteiger partial charge in [-0.1, -0.05) is 19.1 Å². The molecule has 0 saturated heterocycles. The van der Waals surface area contributed by atoms with Gasteiger partial charge in [0.05, 0.1) is 11.7 Å². The largest absolute Gasteiger partial charge is 0.337 e. The van der Waals surface area contributed by atoms with Gasteiger partial charge in [0, 0.05) is 18.0 Å². The Bertz CT molecular complexity index is 996. The Morgan fingerprint density at radius 2 is 2.12 bits per heavy atom. The van der Waals surface area contributed by atoms with E-state index in [-0.39, 0.29) is 23.8 Å². The summed E-state index contributed by atoms with van der Waals surface area (Å²) < 4.78 is 14.7. The molecule has 1 aromatic carbocycles. The number of fused-ring (bicyclic) bond motifs is 1. The average Bonchev–Trinajstić information content (AvgIpc) is 3.06. The minimum Gasteiger partial charge on any atom is -0.337 e. The van der Waals surface area contributed by atoms with Crippen LogP contribution in [-0.4, -0.2) is 26.9 Å². The number of aromatic nitrogens is 2. The third kappa shape index (κ3) is 3.83. The number of thiophene rings is 1. The van der Waals surface area contributed by atoms with Gasteiger partial charge in [0.25, 0.3) is 5.56 Å². The number of benzene rings is 1. The van der Waals surface area contributed by atoms with E-state index in [2.05, 4.69) is 4.98 Å². The normalized spacial score (nSPS) is 11.0. The maximum absolute atomic E-state index is 13.3. The first kappa shape index (κ1) is 18.3. The zero-order valence-electron chi connectivity index (χ0n) is 14.7. The van der Waals surface area contributed by atoms with Gasteiger partial charge in [0.2, 0.25) is 5.91 Å². The van der Waals surface area contributed by atoms with Crippen LogP contribution in [-0.2, 0) is 24.3 Å². The molecule has 3 rings (SSSR count). The van der Waals surface area contributed by atoms with Gasteiger partial charge in [0.1, 0.15) is 17.2 Å². The maximum atomic E-state index is 13.3. The highest BCUT2D eigenvalue weighted by Gasteiger charge is 2.16. The van der Waals surface area contributed by atoms with Gasteiger partial charge < -0.3 is 4.90 Å². The van der Waals surface area contributed by atoms with Crippen molar-refractivity contribution >= 4 is 27.5 Å². The molecule has 26 heavy (non-hydrogen) atoms. The first-order valence-corrected chi connectivity index (χ1v) is 9.33. The average molecular weight is 373 g/mol. The van der Waals surface area contributed by atoms with Crippen molar-refractivity contribution in [2.45, 2.75) is 33.4 Å². The van der Waals surface area contributed by atoms with Gasteiger partial charge in [-0.3, -0.25) is 14.2 Å². The second-order valence-corrected chi connectivity index (χ2v) is 7.12. The second-order valence-electron chi connectivity index (χ2n) is 6.00. The lowest BCUT2D eigenvalue weighted by Gasteiger charge is -2.21. The van der Waals surface area contributed by atoms with Gasteiger partial charge in [-0.05, 0) is 37.1 Å². The minimum absolute atomic E-state index is 0.0811. The van der Waals surface area contributed by atoms with Crippen molar-refractivity contribution in [3.05, 3.63) is 63.3 Å². The predicted octanol–water partition coefficient (Wildman–Crippen LogP) is 3.21. The Morgan fingerprint density at radius 1 is 1.31 bits per heavy atom. The van der Waals surface area contributed by atoms with E-state index in [1.165, 1.54) is 34.4 Å². The molecule has 0 fully saturated rings. The van der Waals surface area contributed by atoms with E-state index in [1.807, 2.05) is 19.9 Å². The summed E-state index contributed by atoms with van der Waals surface area (Å²) in [5.74, 6) is -0.535. The molecule has 0 spiro atoms. The van der Waals surface area contributed by atoms with E-state index >= 15 is 0 Å². The standard InChI is InChI=1S/C19H20FN3O2S/c1-3-15-9-16-18(26-15)21-12-23(19(16)25)11-17(24)22(4-2)10-13-6-5-7-14(20)8-13/h5-9,12H,3-4,10-11H2,1-2H3. The van der Waals surface area contributed by atoms with Crippen LogP contribution in [0.15, 0.2) is 41.5 Å². The Kier molecular flexibility index (Phi) is 5.46. The van der Waals surface area contributed by atoms with Crippen molar-refractivity contribution in [3.8, 4) is 0 Å². The number of nitrogens with zero attached hydrogens (tertiary/aromatic N) is 3. The molecule has 136 valence electrons. The first-order chi connectivity index (χ1) is 12.5. The van der Waals surface area contributed by atoms with E-state index in [1.54, 1.807) is 17.0 Å². The number of halogens is 1. The van der Waals surface area contributed by atoms with E-state index in [0.29, 0.717) is 28.9 Å². The highest BCUT2D eigenvalue weighted by atomic mass is 32.1. The Morgan fingerprint density at radius 3 is 2.81 bits per heavy atom. The quantitative estimate of drug-likeness (QED) is 0.667. The molecule has 0 aliphatic heterocycles. The van der Waals surface area contributed by atoms with Gasteiger partial charge in [-0.15, -0.1) is 11.3 Å². The molecule has 0 bridgehead atoms. The summed E-state index contributed by atoms with van der Waals surface area (Å²) in [5.41, 5.74) is 0.507. The summed E-state index contributed by atoms with van der Waals surface area (Å²) in [6.07, 6.45) is 2.27. The summed E-state index contributed by atoms with van der Waals surface area (Å²) in [5, 5.41) is 0.551. The van der Waals surface area contributed by atoms with Crippen LogP contribution in [0.5, 0.6) is 0 Å². The molecule has 0 radical (unpaired) electrons. The minimum atomic E-state index is -0.332. The van der Waals surface area contributed by atoms with Gasteiger partial charge >= 0.3 is 0 Å². The van der Waals surface area contributed by atoms with Crippen molar-refractivity contribution in [2.24, 2.45) is 0 Å². The van der Waals surface area contributed by atoms with E-state index in [0.717, 1.165) is 11.3 Å². The number of hydrogen-bond acceptors (Lipinski definition) is 4. The highest BCUT2D eigenvalue weighted by Crippen LogP contribution is 2.21. The molecule has 0 atom stereocenters. The Balaban J connectivity index is 1.80. The molecule has 0 saturated carbocycles. The third-order valence-corrected chi connectivity index (χ3v) is 5.41. The fourth-order valence-corrected chi connectivity index (χ4v) is 3.70. The van der Waals surface area contributed by atoms with Crippen LogP contribution in [0.4, 0.5) is 4.39 Å². The summed E-state index contributed by atoms with van der Waals surface area (Å²) in [4.78, 5) is 32.9. The van der Waals surface area contributed by atoms with Crippen LogP contribution < -0.4 is 5.56 Å². The van der Waals surface area contributed by atoms with Crippen LogP contribution >= 0.6 is 11.3 Å². The second kappa shape index (κ2) is 7.78. The number of likely N-dealkylation sites (N-methyl/N-ethyl adjacent to an activating group) is 1. The number of rotatable bonds is 6. The number of hydrogen-bond donors (Lipinski definition) is 0. The molecule has 2 heterocycles. The lowest BCUT2D eigenvalue weighted by molar-refractivity contribution is -0.132. The van der Waals surface area contributed by atoms with Crippen molar-refractivity contribution in [1.82, 2.24) is 14.5 Å². The molecule has 0 unspecified atom stereocenters. The molecule has 0 N–H and O–H groups in total. The third-order valence-electron chi connectivity index (χ3n) is 4.22. The van der Waals surface area contributed by atoms with Crippen LogP contribution in [0.25, 0.3) is 10.2 Å². The van der Waals surface area contributed by atoms with Gasteiger partial charge in [-0.2, -0.15) is 0 Å². The molecule has 0 aliphatic rings. The van der Waals surface area contributed by atoms with Crippen LogP contribution in [0, 0.1) is 5.82 Å². The summed E-state index contributed by atoms with van der Waals surface area (Å²) in [7, 11) is 0. The topological polar surface area (TPSA) is 55.2 Å². The summed E-state index contributed by atoms with van der Waals surface area (Å²) in [6.45, 7) is 4.57. The van der Waals surface area contributed by atoms with Crippen molar-refractivity contribution in [1.29, 1.82) is 0 Å². The number of aryl methyl sites for hydroxylation is 1. The SMILES string of the molecule is CCc1cc2c(=O)n(CC(=O)N(CC)Cc3cccc(F)c3)cnc2s1. The monoisotopic (exact) mass is 373 g/mol. The number of amides is 1. The van der Waals surface area contributed by atoms with Crippen LogP contribution in [0.3, 0.4) is 0 Å². The molecule has 1 amide bonds. The molecule has 2 aromatic heterocycles. The summed E-state index contributed by atoms with van der Waals surface area (Å²) >= 11 is 1.50. The van der Waals surface area contributed by atoms with E-state index in [9.17, 15) is 14.0 Å². The maximum Gasteiger partial charge on any atom is 0.262 e. The van der Waals surface area contributed by atoms with E-state index < -0.39 is 0 Å². The zero-order valence-corrected chi connectivity index (χ0v) is 15.6. The summed E-state index contributed by atoms with van der Waals surface area (Å²) in [6, 6.07) is 8.02. The number of carbonyl (C=O) groups excluding carboxylic acids is 1. The predicted molar refractivity (Wildman–Crippen MR) is 101 cm³/mol. The molecule has 3 aromatic rings.